The lowest BCUT2D eigenvalue weighted by molar-refractivity contribution is -0.192. The molecule has 0 unspecified atom stereocenters. The number of carbonyl (C=O) groups is 3. The minimum atomic E-state index is -5.08. The number of rotatable bonds is 9. The predicted molar refractivity (Wildman–Crippen MR) is 161 cm³/mol. The molecule has 0 aliphatic carbocycles. The highest BCUT2D eigenvalue weighted by Gasteiger charge is 2.42. The summed E-state index contributed by atoms with van der Waals surface area (Å²) in [6.45, 7) is 4.59. The summed E-state index contributed by atoms with van der Waals surface area (Å²) in [5, 5.41) is 28.1. The molecule has 1 saturated heterocycles. The van der Waals surface area contributed by atoms with Crippen molar-refractivity contribution >= 4 is 41.0 Å². The second-order valence-corrected chi connectivity index (χ2v) is 12.5. The molecule has 11 nitrogen and oxygen atoms in total. The fourth-order valence-electron chi connectivity index (χ4n) is 4.82. The summed E-state index contributed by atoms with van der Waals surface area (Å²) in [6.07, 6.45) is -3.44. The van der Waals surface area contributed by atoms with Crippen molar-refractivity contribution in [2.75, 3.05) is 40.3 Å². The lowest BCUT2D eigenvalue weighted by Gasteiger charge is -2.39. The van der Waals surface area contributed by atoms with Crippen LogP contribution in [-0.2, 0) is 16.0 Å². The summed E-state index contributed by atoms with van der Waals surface area (Å²) < 4.78 is 49.5. The first kappa shape index (κ1) is 37.0. The number of likely N-dealkylation sites (tertiary alicyclic amines) is 1. The van der Waals surface area contributed by atoms with E-state index in [4.69, 9.17) is 47.3 Å². The molecule has 1 spiro atoms. The highest BCUT2D eigenvalue weighted by Crippen LogP contribution is 2.42. The predicted octanol–water partition coefficient (Wildman–Crippen LogP) is 4.78. The van der Waals surface area contributed by atoms with Crippen LogP contribution < -0.4 is 14.2 Å². The second-order valence-electron chi connectivity index (χ2n) is 11.7. The van der Waals surface area contributed by atoms with Gasteiger partial charge in [0.25, 0.3) is 5.91 Å². The van der Waals surface area contributed by atoms with Gasteiger partial charge in [0.15, 0.2) is 5.60 Å². The van der Waals surface area contributed by atoms with Crippen LogP contribution in [0.3, 0.4) is 0 Å². The van der Waals surface area contributed by atoms with Crippen LogP contribution in [0.15, 0.2) is 30.3 Å². The Morgan fingerprint density at radius 3 is 2.20 bits per heavy atom. The molecule has 0 bridgehead atoms. The molecular weight excluding hydrogens is 660 g/mol. The summed E-state index contributed by atoms with van der Waals surface area (Å²) in [5.41, 5.74) is -0.493. The summed E-state index contributed by atoms with van der Waals surface area (Å²) in [7, 11) is 3.19. The van der Waals surface area contributed by atoms with Crippen LogP contribution in [-0.4, -0.2) is 107 Å². The number of aliphatic carboxylic acids is 2. The average Bonchev–Trinajstić information content (AvgIpc) is 3.30. The molecule has 0 radical (unpaired) electrons. The first-order valence-electron chi connectivity index (χ1n) is 14.0. The number of aliphatic hydroxyl groups excluding tert-OH is 1. The maximum Gasteiger partial charge on any atom is 0.490 e. The maximum absolute atomic E-state index is 12.8. The Labute approximate surface area is 273 Å². The van der Waals surface area contributed by atoms with Crippen molar-refractivity contribution in [3.05, 3.63) is 51.5 Å². The van der Waals surface area contributed by atoms with E-state index in [1.54, 1.807) is 14.1 Å². The molecule has 1 amide bonds. The van der Waals surface area contributed by atoms with Gasteiger partial charge in [-0.2, -0.15) is 13.2 Å². The molecule has 46 heavy (non-hydrogen) atoms. The van der Waals surface area contributed by atoms with Crippen LogP contribution in [0.4, 0.5) is 13.2 Å². The Hall–Kier alpha value is -3.46. The van der Waals surface area contributed by atoms with Gasteiger partial charge in [0.1, 0.15) is 35.6 Å². The summed E-state index contributed by atoms with van der Waals surface area (Å²) in [4.78, 5) is 36.7. The van der Waals surface area contributed by atoms with Gasteiger partial charge in [-0.15, -0.1) is 0 Å². The molecule has 2 aromatic carbocycles. The number of halogens is 5. The number of aliphatic hydroxyl groups is 1. The third-order valence-electron chi connectivity index (χ3n) is 7.32. The van der Waals surface area contributed by atoms with E-state index >= 15 is 0 Å². The topological polar surface area (TPSA) is 146 Å². The monoisotopic (exact) mass is 694 g/mol. The number of amides is 1. The number of nitrogens with zero attached hydrogens (tertiary/aromatic N) is 2. The third-order valence-corrected chi connectivity index (χ3v) is 7.85. The van der Waals surface area contributed by atoms with E-state index in [1.807, 2.05) is 18.2 Å². The highest BCUT2D eigenvalue weighted by molar-refractivity contribution is 6.32. The molecule has 1 atom stereocenters. The van der Waals surface area contributed by atoms with Crippen LogP contribution in [0.2, 0.25) is 10.0 Å². The Bertz CT molecular complexity index is 1450. The number of carboxylic acids is 2. The number of hydrogen-bond donors (Lipinski definition) is 3. The van der Waals surface area contributed by atoms with Gasteiger partial charge in [0.2, 0.25) is 0 Å². The number of piperidine rings is 1. The molecule has 1 fully saturated rings. The van der Waals surface area contributed by atoms with Crippen LogP contribution in [0.5, 0.6) is 17.2 Å². The SMILES string of the molecule is CN(C)C(=O)c1cc(Cl)c(OC(C)(C)C(=O)O)cc1OC[C@@H](O)CN1CCC2(CC1)Cc1cc(Cl)ccc1O2.O=C(O)C(F)(F)F. The molecular formula is C30H35Cl2F3N2O9. The van der Waals surface area contributed by atoms with Crippen LogP contribution in [0.1, 0.15) is 42.6 Å². The van der Waals surface area contributed by atoms with Crippen molar-refractivity contribution in [1.82, 2.24) is 9.80 Å². The van der Waals surface area contributed by atoms with Gasteiger partial charge in [-0.3, -0.25) is 4.79 Å². The van der Waals surface area contributed by atoms with E-state index in [1.165, 1.54) is 30.9 Å². The van der Waals surface area contributed by atoms with Gasteiger partial charge in [0, 0.05) is 64.1 Å². The molecule has 0 saturated carbocycles. The van der Waals surface area contributed by atoms with Gasteiger partial charge in [-0.1, -0.05) is 23.2 Å². The molecule has 2 aliphatic heterocycles. The quantitative estimate of drug-likeness (QED) is 0.335. The number of benzene rings is 2. The molecule has 4 rings (SSSR count). The molecule has 3 N–H and O–H groups in total. The number of ether oxygens (including phenoxy) is 3. The van der Waals surface area contributed by atoms with Crippen LogP contribution in [0, 0.1) is 0 Å². The van der Waals surface area contributed by atoms with Crippen molar-refractivity contribution in [2.45, 2.75) is 56.6 Å². The third kappa shape index (κ3) is 9.53. The standard InChI is InChI=1S/C28H34Cl2N2O7.C2HF3O2/c1-27(2,26(35)36)38-24-13-23(20(12-21(24)30)25(34)31(3)4)37-16-19(33)15-32-9-7-28(8-10-32)14-17-11-18(29)5-6-22(17)39-28;3-2(4,5)1(6)7/h5-6,11-13,19,33H,7-10,14-16H2,1-4H3,(H,35,36);(H,6,7)/t19-;/m0./s1. The minimum Gasteiger partial charge on any atom is -0.490 e. The van der Waals surface area contributed by atoms with Gasteiger partial charge >= 0.3 is 18.1 Å². The van der Waals surface area contributed by atoms with Gasteiger partial charge in [0.05, 0.1) is 10.6 Å². The van der Waals surface area contributed by atoms with Crippen molar-refractivity contribution < 1.29 is 57.1 Å². The first-order valence-corrected chi connectivity index (χ1v) is 14.8. The number of β-amino-alcohol motifs (C(OH)–C–C–N with tert-alkyl or cyclic N) is 1. The van der Waals surface area contributed by atoms with E-state index in [-0.39, 0.29) is 40.2 Å². The minimum absolute atomic E-state index is 0.0593. The van der Waals surface area contributed by atoms with Crippen LogP contribution in [0.25, 0.3) is 0 Å². The fourth-order valence-corrected chi connectivity index (χ4v) is 5.22. The van der Waals surface area contributed by atoms with Gasteiger partial charge in [-0.05, 0) is 43.7 Å². The molecule has 16 heteroatoms. The second kappa shape index (κ2) is 14.5. The van der Waals surface area contributed by atoms with E-state index < -0.39 is 29.8 Å². The molecule has 2 aliphatic rings. The Morgan fingerprint density at radius 1 is 1.04 bits per heavy atom. The number of fused-ring (bicyclic) bond motifs is 1. The number of alkyl halides is 3. The van der Waals surface area contributed by atoms with Crippen molar-refractivity contribution in [2.24, 2.45) is 0 Å². The molecule has 2 aromatic rings. The summed E-state index contributed by atoms with van der Waals surface area (Å²) in [6, 6.07) is 8.50. The lowest BCUT2D eigenvalue weighted by Crippen LogP contribution is -2.49. The summed E-state index contributed by atoms with van der Waals surface area (Å²) in [5.74, 6) is -3.20. The Balaban J connectivity index is 0.000000738. The van der Waals surface area contributed by atoms with Crippen molar-refractivity contribution in [3.63, 3.8) is 0 Å². The maximum atomic E-state index is 12.8. The van der Waals surface area contributed by atoms with E-state index in [2.05, 4.69) is 4.90 Å². The normalized spacial score (nSPS) is 16.4. The summed E-state index contributed by atoms with van der Waals surface area (Å²) >= 11 is 12.5. The average molecular weight is 696 g/mol. The number of hydrogen-bond acceptors (Lipinski definition) is 8. The number of carbonyl (C=O) groups excluding carboxylic acids is 1. The molecule has 2 heterocycles. The highest BCUT2D eigenvalue weighted by atomic mass is 35.5. The van der Waals surface area contributed by atoms with Crippen molar-refractivity contribution in [3.8, 4) is 17.2 Å². The lowest BCUT2D eigenvalue weighted by atomic mass is 9.87. The molecule has 254 valence electrons. The van der Waals surface area contributed by atoms with Gasteiger partial charge < -0.3 is 39.3 Å². The Morgan fingerprint density at radius 2 is 1.65 bits per heavy atom. The first-order chi connectivity index (χ1) is 21.2. The molecule has 0 aromatic heterocycles. The van der Waals surface area contributed by atoms with Gasteiger partial charge in [-0.25, -0.2) is 9.59 Å². The van der Waals surface area contributed by atoms with E-state index in [0.29, 0.717) is 11.6 Å². The van der Waals surface area contributed by atoms with Crippen molar-refractivity contribution in [1.29, 1.82) is 0 Å². The number of carboxylic acid groups (broad SMARTS) is 2. The largest absolute Gasteiger partial charge is 0.490 e. The van der Waals surface area contributed by atoms with Crippen LogP contribution >= 0.6 is 23.2 Å². The fraction of sp³-hybridized carbons (Fsp3) is 0.500. The van der Waals surface area contributed by atoms with E-state index in [0.717, 1.165) is 43.7 Å². The zero-order chi connectivity index (χ0) is 34.6. The zero-order valence-electron chi connectivity index (χ0n) is 25.5. The van der Waals surface area contributed by atoms with E-state index in [9.17, 15) is 33.0 Å². The zero-order valence-corrected chi connectivity index (χ0v) is 27.0. The Kier molecular flexibility index (Phi) is 11.7. The smallest absolute Gasteiger partial charge is 0.490 e.